The molecule has 0 aromatic heterocycles. The molecular formula is C18H30N2. The molecule has 1 saturated carbocycles. The third-order valence-corrected chi connectivity index (χ3v) is 4.82. The molecule has 1 fully saturated rings. The van der Waals surface area contributed by atoms with E-state index in [-0.39, 0.29) is 0 Å². The van der Waals surface area contributed by atoms with E-state index in [9.17, 15) is 0 Å². The average molecular weight is 274 g/mol. The van der Waals surface area contributed by atoms with Crippen molar-refractivity contribution in [2.75, 3.05) is 14.1 Å². The van der Waals surface area contributed by atoms with Gasteiger partial charge in [0, 0.05) is 18.6 Å². The van der Waals surface area contributed by atoms with E-state index >= 15 is 0 Å². The lowest BCUT2D eigenvalue weighted by Crippen LogP contribution is -2.54. The van der Waals surface area contributed by atoms with Crippen molar-refractivity contribution >= 4 is 0 Å². The molecule has 2 nitrogen and oxygen atoms in total. The number of hydrogen-bond acceptors (Lipinski definition) is 2. The van der Waals surface area contributed by atoms with Crippen LogP contribution in [0, 0.1) is 18.8 Å². The Kier molecular flexibility index (Phi) is 5.22. The summed E-state index contributed by atoms with van der Waals surface area (Å²) in [7, 11) is 4.40. The fourth-order valence-electron chi connectivity index (χ4n) is 4.07. The van der Waals surface area contributed by atoms with Gasteiger partial charge in [-0.05, 0) is 51.3 Å². The highest BCUT2D eigenvalue weighted by Crippen LogP contribution is 2.32. The highest BCUT2D eigenvalue weighted by atomic mass is 15.2. The lowest BCUT2D eigenvalue weighted by Gasteiger charge is -2.44. The van der Waals surface area contributed by atoms with Crippen LogP contribution >= 0.6 is 0 Å². The number of likely N-dealkylation sites (N-methyl/N-ethyl adjacent to an activating group) is 2. The molecule has 0 aliphatic heterocycles. The van der Waals surface area contributed by atoms with Gasteiger partial charge in [0.1, 0.15) is 0 Å². The molecule has 0 bridgehead atoms. The average Bonchev–Trinajstić information content (AvgIpc) is 2.37. The quantitative estimate of drug-likeness (QED) is 0.904. The van der Waals surface area contributed by atoms with E-state index in [1.807, 2.05) is 0 Å². The largest absolute Gasteiger partial charge is 0.315 e. The summed E-state index contributed by atoms with van der Waals surface area (Å²) in [5.74, 6) is 1.59. The van der Waals surface area contributed by atoms with Gasteiger partial charge in [0.25, 0.3) is 0 Å². The fourth-order valence-corrected chi connectivity index (χ4v) is 4.07. The van der Waals surface area contributed by atoms with E-state index < -0.39 is 0 Å². The fraction of sp³-hybridized carbons (Fsp3) is 0.667. The lowest BCUT2D eigenvalue weighted by molar-refractivity contribution is 0.0786. The van der Waals surface area contributed by atoms with E-state index in [1.165, 1.54) is 24.0 Å². The summed E-state index contributed by atoms with van der Waals surface area (Å²) in [6, 6.07) is 10.1. The van der Waals surface area contributed by atoms with Gasteiger partial charge in [-0.2, -0.15) is 0 Å². The Balaban J connectivity index is 2.08. The zero-order chi connectivity index (χ0) is 14.7. The SMILES string of the molecule is CNC1CC(C)CC(C)C1N(C)Cc1cccc(C)c1. The van der Waals surface area contributed by atoms with Gasteiger partial charge in [-0.1, -0.05) is 43.7 Å². The van der Waals surface area contributed by atoms with Gasteiger partial charge < -0.3 is 5.32 Å². The number of benzene rings is 1. The van der Waals surface area contributed by atoms with E-state index in [4.69, 9.17) is 0 Å². The molecule has 4 unspecified atom stereocenters. The molecule has 20 heavy (non-hydrogen) atoms. The molecule has 1 aliphatic rings. The smallest absolute Gasteiger partial charge is 0.0275 e. The van der Waals surface area contributed by atoms with Crippen molar-refractivity contribution in [3.63, 3.8) is 0 Å². The molecule has 0 saturated heterocycles. The van der Waals surface area contributed by atoms with Gasteiger partial charge in [0.05, 0.1) is 0 Å². The van der Waals surface area contributed by atoms with E-state index in [0.29, 0.717) is 12.1 Å². The van der Waals surface area contributed by atoms with Crippen LogP contribution in [0.1, 0.15) is 37.8 Å². The van der Waals surface area contributed by atoms with E-state index in [1.54, 1.807) is 0 Å². The molecule has 0 heterocycles. The minimum atomic E-state index is 0.614. The van der Waals surface area contributed by atoms with Crippen LogP contribution in [0.15, 0.2) is 24.3 Å². The predicted molar refractivity (Wildman–Crippen MR) is 86.8 cm³/mol. The second kappa shape index (κ2) is 6.73. The first-order valence-corrected chi connectivity index (χ1v) is 7.94. The molecule has 0 spiro atoms. The van der Waals surface area contributed by atoms with E-state index in [2.05, 4.69) is 69.3 Å². The maximum absolute atomic E-state index is 3.55. The first-order valence-electron chi connectivity index (χ1n) is 7.94. The van der Waals surface area contributed by atoms with Crippen molar-refractivity contribution in [3.05, 3.63) is 35.4 Å². The number of nitrogens with one attached hydrogen (secondary N) is 1. The van der Waals surface area contributed by atoms with Crippen molar-refractivity contribution in [1.82, 2.24) is 10.2 Å². The predicted octanol–water partition coefficient (Wildman–Crippen LogP) is 3.45. The van der Waals surface area contributed by atoms with Crippen LogP contribution in [0.25, 0.3) is 0 Å². The van der Waals surface area contributed by atoms with Crippen LogP contribution in [0.3, 0.4) is 0 Å². The van der Waals surface area contributed by atoms with Gasteiger partial charge in [-0.3, -0.25) is 4.90 Å². The number of aryl methyl sites for hydroxylation is 1. The lowest BCUT2D eigenvalue weighted by atomic mass is 9.76. The Hall–Kier alpha value is -0.860. The zero-order valence-corrected chi connectivity index (χ0v) is 13.7. The molecule has 112 valence electrons. The van der Waals surface area contributed by atoms with Crippen molar-refractivity contribution in [2.24, 2.45) is 11.8 Å². The summed E-state index contributed by atoms with van der Waals surface area (Å²) >= 11 is 0. The van der Waals surface area contributed by atoms with Crippen LogP contribution in [-0.2, 0) is 6.54 Å². The molecule has 2 heteroatoms. The van der Waals surface area contributed by atoms with Gasteiger partial charge in [0.15, 0.2) is 0 Å². The van der Waals surface area contributed by atoms with Crippen LogP contribution in [0.5, 0.6) is 0 Å². The summed E-state index contributed by atoms with van der Waals surface area (Å²) in [6.07, 6.45) is 2.64. The number of hydrogen-bond donors (Lipinski definition) is 1. The van der Waals surface area contributed by atoms with Crippen LogP contribution in [0.2, 0.25) is 0 Å². The molecule has 1 aromatic carbocycles. The van der Waals surface area contributed by atoms with Gasteiger partial charge in [-0.15, -0.1) is 0 Å². The summed E-state index contributed by atoms with van der Waals surface area (Å²) in [5.41, 5.74) is 2.78. The third-order valence-electron chi connectivity index (χ3n) is 4.82. The van der Waals surface area contributed by atoms with Gasteiger partial charge >= 0.3 is 0 Å². The summed E-state index contributed by atoms with van der Waals surface area (Å²) in [4.78, 5) is 2.55. The van der Waals surface area contributed by atoms with Crippen LogP contribution in [0.4, 0.5) is 0 Å². The summed E-state index contributed by atoms with van der Waals surface area (Å²) in [6.45, 7) is 8.02. The topological polar surface area (TPSA) is 15.3 Å². The van der Waals surface area contributed by atoms with Crippen molar-refractivity contribution in [3.8, 4) is 0 Å². The molecule has 2 rings (SSSR count). The number of rotatable bonds is 4. The Labute approximate surface area is 124 Å². The van der Waals surface area contributed by atoms with Crippen LogP contribution in [-0.4, -0.2) is 31.1 Å². The Morgan fingerprint density at radius 1 is 1.25 bits per heavy atom. The van der Waals surface area contributed by atoms with Crippen molar-refractivity contribution in [1.29, 1.82) is 0 Å². The minimum absolute atomic E-state index is 0.614. The Morgan fingerprint density at radius 2 is 2.00 bits per heavy atom. The van der Waals surface area contributed by atoms with E-state index in [0.717, 1.165) is 18.4 Å². The first kappa shape index (κ1) is 15.5. The minimum Gasteiger partial charge on any atom is -0.315 e. The molecule has 1 aliphatic carbocycles. The Bertz CT molecular complexity index is 429. The normalized spacial score (nSPS) is 30.7. The molecule has 0 amide bonds. The van der Waals surface area contributed by atoms with Crippen molar-refractivity contribution < 1.29 is 0 Å². The second-order valence-electron chi connectivity index (χ2n) is 6.84. The Morgan fingerprint density at radius 3 is 2.65 bits per heavy atom. The summed E-state index contributed by atoms with van der Waals surface area (Å²) in [5, 5.41) is 3.55. The molecular weight excluding hydrogens is 244 g/mol. The zero-order valence-electron chi connectivity index (χ0n) is 13.7. The van der Waals surface area contributed by atoms with Crippen molar-refractivity contribution in [2.45, 2.75) is 52.2 Å². The number of nitrogens with zero attached hydrogens (tertiary/aromatic N) is 1. The monoisotopic (exact) mass is 274 g/mol. The highest BCUT2D eigenvalue weighted by molar-refractivity contribution is 5.22. The highest BCUT2D eigenvalue weighted by Gasteiger charge is 2.35. The first-order chi connectivity index (χ1) is 9.51. The molecule has 0 radical (unpaired) electrons. The molecule has 4 atom stereocenters. The molecule has 1 N–H and O–H groups in total. The summed E-state index contributed by atoms with van der Waals surface area (Å²) < 4.78 is 0. The van der Waals surface area contributed by atoms with Crippen LogP contribution < -0.4 is 5.32 Å². The molecule has 1 aromatic rings. The second-order valence-corrected chi connectivity index (χ2v) is 6.84. The van der Waals surface area contributed by atoms with Gasteiger partial charge in [-0.25, -0.2) is 0 Å². The third kappa shape index (κ3) is 3.62. The van der Waals surface area contributed by atoms with Gasteiger partial charge in [0.2, 0.25) is 0 Å². The maximum atomic E-state index is 3.55. The standard InChI is InChI=1S/C18H30N2/c1-13-7-6-8-16(10-13)12-20(5)18-15(3)9-14(2)11-17(18)19-4/h6-8,10,14-15,17-19H,9,11-12H2,1-5H3. The maximum Gasteiger partial charge on any atom is 0.0275 e.